The smallest absolute Gasteiger partial charge is 0.260 e. The first-order valence-electron chi connectivity index (χ1n) is 9.06. The Balaban J connectivity index is 1.96. The van der Waals surface area contributed by atoms with Crippen molar-refractivity contribution in [3.8, 4) is 16.9 Å². The lowest BCUT2D eigenvalue weighted by Crippen LogP contribution is -2.18. The number of benzene rings is 3. The minimum absolute atomic E-state index is 0.0331. The number of allylic oxidation sites excluding steroid dienone is 1. The predicted octanol–water partition coefficient (Wildman–Crippen LogP) is 6.10. The fourth-order valence-electron chi connectivity index (χ4n) is 3.33. The number of ketones is 1. The van der Waals surface area contributed by atoms with E-state index in [4.69, 9.17) is 23.2 Å². The average Bonchev–Trinajstić information content (AvgIpc) is 2.72. The summed E-state index contributed by atoms with van der Waals surface area (Å²) < 4.78 is 0. The van der Waals surface area contributed by atoms with Gasteiger partial charge in [0.15, 0.2) is 5.78 Å². The Morgan fingerprint density at radius 1 is 0.967 bits per heavy atom. The summed E-state index contributed by atoms with van der Waals surface area (Å²) >= 11 is 12.6. The molecule has 4 nitrogen and oxygen atoms in total. The summed E-state index contributed by atoms with van der Waals surface area (Å²) in [5.41, 5.74) is 1.61. The Labute approximate surface area is 182 Å². The summed E-state index contributed by atoms with van der Waals surface area (Å²) in [7, 11) is 0. The van der Waals surface area contributed by atoms with Gasteiger partial charge in [-0.2, -0.15) is 0 Å². The normalized spacial score (nSPS) is 11.3. The molecule has 148 valence electrons. The molecular weight excluding hydrogens is 421 g/mol. The zero-order valence-corrected chi connectivity index (χ0v) is 17.0. The quantitative estimate of drug-likeness (QED) is 0.300. The first-order chi connectivity index (χ1) is 14.4. The standard InChI is InChI=1S/C24H15Cl2NO3/c25-15-9-10-20-18(13-15)22(17-6-1-2-7-19(17)26)23(24(30)27-20)21(29)11-8-14-4-3-5-16(28)12-14/h1-13,28H,(H,27,30)/b11-8+. The Kier molecular flexibility index (Phi) is 5.44. The highest BCUT2D eigenvalue weighted by Gasteiger charge is 2.21. The molecular formula is C24H15Cl2NO3. The monoisotopic (exact) mass is 435 g/mol. The molecule has 0 bridgehead atoms. The largest absolute Gasteiger partial charge is 0.508 e. The van der Waals surface area contributed by atoms with Gasteiger partial charge in [-0.3, -0.25) is 9.59 Å². The number of phenols is 1. The summed E-state index contributed by atoms with van der Waals surface area (Å²) in [6.07, 6.45) is 2.84. The van der Waals surface area contributed by atoms with Crippen LogP contribution in [0.2, 0.25) is 10.0 Å². The lowest BCUT2D eigenvalue weighted by atomic mass is 9.93. The molecule has 0 aliphatic carbocycles. The van der Waals surface area contributed by atoms with Crippen molar-refractivity contribution in [2.45, 2.75) is 0 Å². The second-order valence-electron chi connectivity index (χ2n) is 6.67. The molecule has 0 spiro atoms. The summed E-state index contributed by atoms with van der Waals surface area (Å²) in [6, 6.07) is 18.5. The molecule has 2 N–H and O–H groups in total. The van der Waals surface area contributed by atoms with Crippen LogP contribution in [0.3, 0.4) is 0 Å². The van der Waals surface area contributed by atoms with Crippen LogP contribution in [-0.4, -0.2) is 15.9 Å². The van der Waals surface area contributed by atoms with Crippen molar-refractivity contribution < 1.29 is 9.90 Å². The molecule has 3 aromatic carbocycles. The van der Waals surface area contributed by atoms with Gasteiger partial charge in [0.25, 0.3) is 5.56 Å². The van der Waals surface area contributed by atoms with Gasteiger partial charge in [-0.25, -0.2) is 0 Å². The maximum atomic E-state index is 13.1. The molecule has 0 aliphatic rings. The van der Waals surface area contributed by atoms with Gasteiger partial charge in [-0.15, -0.1) is 0 Å². The van der Waals surface area contributed by atoms with E-state index in [0.717, 1.165) is 0 Å². The third kappa shape index (κ3) is 3.88. The van der Waals surface area contributed by atoms with Crippen LogP contribution in [0.15, 0.2) is 77.6 Å². The molecule has 0 saturated heterocycles. The van der Waals surface area contributed by atoms with E-state index in [1.165, 1.54) is 18.2 Å². The predicted molar refractivity (Wildman–Crippen MR) is 121 cm³/mol. The molecule has 30 heavy (non-hydrogen) atoms. The van der Waals surface area contributed by atoms with Crippen LogP contribution >= 0.6 is 23.2 Å². The summed E-state index contributed by atoms with van der Waals surface area (Å²) in [5.74, 6) is -0.407. The minimum Gasteiger partial charge on any atom is -0.508 e. The molecule has 1 aromatic heterocycles. The van der Waals surface area contributed by atoms with Crippen molar-refractivity contribution in [3.05, 3.63) is 104 Å². The lowest BCUT2D eigenvalue weighted by Gasteiger charge is -2.13. The van der Waals surface area contributed by atoms with Crippen molar-refractivity contribution in [2.24, 2.45) is 0 Å². The highest BCUT2D eigenvalue weighted by atomic mass is 35.5. The highest BCUT2D eigenvalue weighted by Crippen LogP contribution is 2.35. The highest BCUT2D eigenvalue weighted by molar-refractivity contribution is 6.35. The van der Waals surface area contributed by atoms with Crippen LogP contribution in [0.4, 0.5) is 0 Å². The topological polar surface area (TPSA) is 70.2 Å². The van der Waals surface area contributed by atoms with Gasteiger partial charge in [0.1, 0.15) is 5.75 Å². The fourth-order valence-corrected chi connectivity index (χ4v) is 3.73. The number of aromatic hydroxyl groups is 1. The van der Waals surface area contributed by atoms with Gasteiger partial charge < -0.3 is 10.1 Å². The number of H-pyrrole nitrogens is 1. The van der Waals surface area contributed by atoms with Crippen LogP contribution < -0.4 is 5.56 Å². The van der Waals surface area contributed by atoms with E-state index in [1.54, 1.807) is 60.7 Å². The van der Waals surface area contributed by atoms with Crippen LogP contribution in [-0.2, 0) is 0 Å². The average molecular weight is 436 g/mol. The van der Waals surface area contributed by atoms with Gasteiger partial charge in [0, 0.05) is 32.1 Å². The summed E-state index contributed by atoms with van der Waals surface area (Å²) in [6.45, 7) is 0. The van der Waals surface area contributed by atoms with Crippen LogP contribution in [0.5, 0.6) is 5.75 Å². The fraction of sp³-hybridized carbons (Fsp3) is 0. The van der Waals surface area contributed by atoms with Gasteiger partial charge in [0.2, 0.25) is 0 Å². The van der Waals surface area contributed by atoms with Crippen LogP contribution in [0, 0.1) is 0 Å². The van der Waals surface area contributed by atoms with Crippen molar-refractivity contribution >= 4 is 46.0 Å². The number of nitrogens with one attached hydrogen (secondary N) is 1. The third-order valence-electron chi connectivity index (χ3n) is 4.66. The number of hydrogen-bond donors (Lipinski definition) is 2. The number of rotatable bonds is 4. The summed E-state index contributed by atoms with van der Waals surface area (Å²) in [4.78, 5) is 28.8. The van der Waals surface area contributed by atoms with Crippen molar-refractivity contribution in [1.29, 1.82) is 0 Å². The summed E-state index contributed by atoms with van der Waals surface area (Å²) in [5, 5.41) is 11.1. The van der Waals surface area contributed by atoms with Crippen LogP contribution in [0.1, 0.15) is 15.9 Å². The minimum atomic E-state index is -0.523. The molecule has 1 heterocycles. The number of hydrogen-bond acceptors (Lipinski definition) is 3. The molecule has 6 heteroatoms. The van der Waals surface area contributed by atoms with Crippen molar-refractivity contribution in [2.75, 3.05) is 0 Å². The zero-order valence-electron chi connectivity index (χ0n) is 15.5. The maximum Gasteiger partial charge on any atom is 0.260 e. The number of carbonyl (C=O) groups excluding carboxylic acids is 1. The van der Waals surface area contributed by atoms with E-state index in [2.05, 4.69) is 4.98 Å². The number of fused-ring (bicyclic) bond motifs is 1. The van der Waals surface area contributed by atoms with E-state index in [0.29, 0.717) is 37.6 Å². The number of carbonyl (C=O) groups is 1. The van der Waals surface area contributed by atoms with E-state index in [9.17, 15) is 14.7 Å². The molecule has 0 radical (unpaired) electrons. The lowest BCUT2D eigenvalue weighted by molar-refractivity contribution is 0.104. The Bertz CT molecular complexity index is 1370. The number of aromatic nitrogens is 1. The molecule has 0 amide bonds. The van der Waals surface area contributed by atoms with Gasteiger partial charge in [-0.1, -0.05) is 59.6 Å². The van der Waals surface area contributed by atoms with Gasteiger partial charge in [-0.05, 0) is 48.0 Å². The number of aromatic amines is 1. The second kappa shape index (κ2) is 8.19. The SMILES string of the molecule is O=C(/C=C/c1cccc(O)c1)c1c(-c2ccccc2Cl)c2cc(Cl)ccc2[nH]c1=O. The molecule has 0 saturated carbocycles. The second-order valence-corrected chi connectivity index (χ2v) is 7.51. The van der Waals surface area contributed by atoms with E-state index >= 15 is 0 Å². The Morgan fingerprint density at radius 3 is 2.53 bits per heavy atom. The van der Waals surface area contributed by atoms with E-state index in [-0.39, 0.29) is 11.3 Å². The van der Waals surface area contributed by atoms with Gasteiger partial charge >= 0.3 is 0 Å². The van der Waals surface area contributed by atoms with E-state index in [1.807, 2.05) is 0 Å². The molecule has 0 unspecified atom stereocenters. The third-order valence-corrected chi connectivity index (χ3v) is 5.23. The Hall–Kier alpha value is -3.34. The zero-order chi connectivity index (χ0) is 21.3. The van der Waals surface area contributed by atoms with Crippen LogP contribution in [0.25, 0.3) is 28.1 Å². The first kappa shape index (κ1) is 20.0. The molecule has 4 aromatic rings. The molecule has 0 fully saturated rings. The van der Waals surface area contributed by atoms with Crippen molar-refractivity contribution in [3.63, 3.8) is 0 Å². The van der Waals surface area contributed by atoms with E-state index < -0.39 is 11.3 Å². The molecule has 4 rings (SSSR count). The number of pyridine rings is 1. The molecule has 0 aliphatic heterocycles. The number of halogens is 2. The molecule has 0 atom stereocenters. The first-order valence-corrected chi connectivity index (χ1v) is 9.81. The Morgan fingerprint density at radius 2 is 1.77 bits per heavy atom. The van der Waals surface area contributed by atoms with Crippen molar-refractivity contribution in [1.82, 2.24) is 4.98 Å². The maximum absolute atomic E-state index is 13.1. The van der Waals surface area contributed by atoms with Gasteiger partial charge in [0.05, 0.1) is 5.56 Å². The number of phenolic OH excluding ortho intramolecular Hbond substituents is 1.